The largest absolute Gasteiger partial charge is 0.287 e. The SMILES string of the molecule is CC(=O)Sc1cccc(C)c1. The Labute approximate surface area is 70.8 Å². The fourth-order valence-electron chi connectivity index (χ4n) is 0.845. The third-order valence-electron chi connectivity index (χ3n) is 1.25. The highest BCUT2D eigenvalue weighted by Crippen LogP contribution is 2.18. The Kier molecular flexibility index (Phi) is 2.71. The van der Waals surface area contributed by atoms with Gasteiger partial charge in [-0.3, -0.25) is 4.79 Å². The molecule has 2 heteroatoms. The molecule has 0 aromatic heterocycles. The van der Waals surface area contributed by atoms with Gasteiger partial charge in [0, 0.05) is 11.8 Å². The Morgan fingerprint density at radius 3 is 2.73 bits per heavy atom. The standard InChI is InChI=1S/C9H10OS/c1-7-4-3-5-9(6-7)11-8(2)10/h3-6H,1-2H3. The van der Waals surface area contributed by atoms with E-state index in [-0.39, 0.29) is 5.12 Å². The highest BCUT2D eigenvalue weighted by atomic mass is 32.2. The van der Waals surface area contributed by atoms with Gasteiger partial charge >= 0.3 is 0 Å². The average Bonchev–Trinajstić information content (AvgIpc) is 1.85. The smallest absolute Gasteiger partial charge is 0.190 e. The van der Waals surface area contributed by atoms with Crippen LogP contribution < -0.4 is 0 Å². The maximum absolute atomic E-state index is 10.7. The summed E-state index contributed by atoms with van der Waals surface area (Å²) in [6.07, 6.45) is 0. The summed E-state index contributed by atoms with van der Waals surface area (Å²) in [5.41, 5.74) is 1.19. The third-order valence-corrected chi connectivity index (χ3v) is 2.03. The second-order valence-corrected chi connectivity index (χ2v) is 3.66. The van der Waals surface area contributed by atoms with E-state index in [9.17, 15) is 4.79 Å². The highest BCUT2D eigenvalue weighted by Gasteiger charge is 1.96. The Balaban J connectivity index is 2.79. The van der Waals surface area contributed by atoms with Crippen LogP contribution in [0, 0.1) is 6.92 Å². The molecule has 0 bridgehead atoms. The first-order valence-corrected chi connectivity index (χ1v) is 4.25. The lowest BCUT2D eigenvalue weighted by molar-refractivity contribution is -0.109. The minimum atomic E-state index is 0.135. The Morgan fingerprint density at radius 2 is 2.18 bits per heavy atom. The lowest BCUT2D eigenvalue weighted by Crippen LogP contribution is -1.81. The van der Waals surface area contributed by atoms with Gasteiger partial charge < -0.3 is 0 Å². The van der Waals surface area contributed by atoms with Crippen molar-refractivity contribution in [2.45, 2.75) is 18.7 Å². The first-order valence-electron chi connectivity index (χ1n) is 3.43. The van der Waals surface area contributed by atoms with Crippen molar-refractivity contribution in [1.82, 2.24) is 0 Å². The van der Waals surface area contributed by atoms with Crippen molar-refractivity contribution < 1.29 is 4.79 Å². The van der Waals surface area contributed by atoms with Crippen LogP contribution in [0.2, 0.25) is 0 Å². The van der Waals surface area contributed by atoms with Crippen LogP contribution in [0.15, 0.2) is 29.2 Å². The van der Waals surface area contributed by atoms with E-state index in [0.717, 1.165) is 4.90 Å². The van der Waals surface area contributed by atoms with Crippen LogP contribution in [-0.4, -0.2) is 5.12 Å². The van der Waals surface area contributed by atoms with Gasteiger partial charge in [-0.1, -0.05) is 29.5 Å². The molecule has 0 heterocycles. The van der Waals surface area contributed by atoms with Gasteiger partial charge in [-0.15, -0.1) is 0 Å². The fourth-order valence-corrected chi connectivity index (χ4v) is 1.57. The van der Waals surface area contributed by atoms with E-state index in [1.165, 1.54) is 17.3 Å². The first-order chi connectivity index (χ1) is 5.18. The monoisotopic (exact) mass is 166 g/mol. The molecule has 0 N–H and O–H groups in total. The van der Waals surface area contributed by atoms with E-state index < -0.39 is 0 Å². The zero-order chi connectivity index (χ0) is 8.27. The van der Waals surface area contributed by atoms with Crippen LogP contribution in [0.1, 0.15) is 12.5 Å². The van der Waals surface area contributed by atoms with Crippen LogP contribution in [-0.2, 0) is 4.79 Å². The summed E-state index contributed by atoms with van der Waals surface area (Å²) in [5.74, 6) is 0. The summed E-state index contributed by atoms with van der Waals surface area (Å²) < 4.78 is 0. The lowest BCUT2D eigenvalue weighted by Gasteiger charge is -1.96. The summed E-state index contributed by atoms with van der Waals surface area (Å²) in [6, 6.07) is 7.93. The predicted molar refractivity (Wildman–Crippen MR) is 47.7 cm³/mol. The van der Waals surface area contributed by atoms with E-state index in [2.05, 4.69) is 0 Å². The molecule has 0 saturated carbocycles. The topological polar surface area (TPSA) is 17.1 Å². The van der Waals surface area contributed by atoms with Crippen LogP contribution in [0.3, 0.4) is 0 Å². The zero-order valence-corrected chi connectivity index (χ0v) is 7.44. The van der Waals surface area contributed by atoms with Crippen molar-refractivity contribution in [3.8, 4) is 0 Å². The number of hydrogen-bond acceptors (Lipinski definition) is 2. The van der Waals surface area contributed by atoms with Crippen molar-refractivity contribution in [1.29, 1.82) is 0 Å². The van der Waals surface area contributed by atoms with Gasteiger partial charge in [-0.2, -0.15) is 0 Å². The number of benzene rings is 1. The summed E-state index contributed by atoms with van der Waals surface area (Å²) in [6.45, 7) is 3.59. The Bertz CT molecular complexity index is 268. The highest BCUT2D eigenvalue weighted by molar-refractivity contribution is 8.13. The van der Waals surface area contributed by atoms with E-state index in [1.807, 2.05) is 31.2 Å². The number of carbonyl (C=O) groups is 1. The molecule has 1 rings (SSSR count). The molecule has 0 saturated heterocycles. The van der Waals surface area contributed by atoms with Crippen LogP contribution in [0.5, 0.6) is 0 Å². The Hall–Kier alpha value is -0.760. The van der Waals surface area contributed by atoms with Gasteiger partial charge in [-0.25, -0.2) is 0 Å². The number of thioether (sulfide) groups is 1. The van der Waals surface area contributed by atoms with Crippen molar-refractivity contribution in [2.24, 2.45) is 0 Å². The molecule has 0 fully saturated rings. The molecule has 1 aromatic carbocycles. The molecule has 1 aromatic rings. The van der Waals surface area contributed by atoms with Gasteiger partial charge in [-0.05, 0) is 19.1 Å². The molecular weight excluding hydrogens is 156 g/mol. The molecule has 0 amide bonds. The molecule has 0 unspecified atom stereocenters. The second-order valence-electron chi connectivity index (χ2n) is 2.41. The van der Waals surface area contributed by atoms with Crippen LogP contribution >= 0.6 is 11.8 Å². The fraction of sp³-hybridized carbons (Fsp3) is 0.222. The van der Waals surface area contributed by atoms with E-state index >= 15 is 0 Å². The quantitative estimate of drug-likeness (QED) is 0.596. The van der Waals surface area contributed by atoms with Gasteiger partial charge in [0.05, 0.1) is 0 Å². The maximum Gasteiger partial charge on any atom is 0.190 e. The van der Waals surface area contributed by atoms with E-state index in [4.69, 9.17) is 0 Å². The third kappa shape index (κ3) is 2.76. The van der Waals surface area contributed by atoms with Gasteiger partial charge in [0.2, 0.25) is 0 Å². The molecular formula is C9H10OS. The number of hydrogen-bond donors (Lipinski definition) is 0. The van der Waals surface area contributed by atoms with Crippen molar-refractivity contribution >= 4 is 16.9 Å². The molecule has 0 atom stereocenters. The minimum Gasteiger partial charge on any atom is -0.287 e. The molecule has 0 radical (unpaired) electrons. The Morgan fingerprint density at radius 1 is 1.45 bits per heavy atom. The predicted octanol–water partition coefficient (Wildman–Crippen LogP) is 2.63. The van der Waals surface area contributed by atoms with Crippen LogP contribution in [0.25, 0.3) is 0 Å². The van der Waals surface area contributed by atoms with Gasteiger partial charge in [0.15, 0.2) is 5.12 Å². The maximum atomic E-state index is 10.7. The van der Waals surface area contributed by atoms with Crippen molar-refractivity contribution in [3.63, 3.8) is 0 Å². The molecule has 11 heavy (non-hydrogen) atoms. The molecule has 1 nitrogen and oxygen atoms in total. The first kappa shape index (κ1) is 8.34. The summed E-state index contributed by atoms with van der Waals surface area (Å²) in [5, 5.41) is 0.135. The summed E-state index contributed by atoms with van der Waals surface area (Å²) >= 11 is 1.27. The normalized spacial score (nSPS) is 9.64. The molecule has 58 valence electrons. The van der Waals surface area contributed by atoms with E-state index in [1.54, 1.807) is 6.92 Å². The number of aryl methyl sites for hydroxylation is 1. The average molecular weight is 166 g/mol. The molecule has 0 aliphatic rings. The minimum absolute atomic E-state index is 0.135. The van der Waals surface area contributed by atoms with Crippen LogP contribution in [0.4, 0.5) is 0 Å². The number of carbonyl (C=O) groups excluding carboxylic acids is 1. The van der Waals surface area contributed by atoms with E-state index in [0.29, 0.717) is 0 Å². The molecule has 0 aliphatic carbocycles. The lowest BCUT2D eigenvalue weighted by atomic mass is 10.2. The number of rotatable bonds is 1. The second kappa shape index (κ2) is 3.58. The summed E-state index contributed by atoms with van der Waals surface area (Å²) in [7, 11) is 0. The summed E-state index contributed by atoms with van der Waals surface area (Å²) in [4.78, 5) is 11.7. The van der Waals surface area contributed by atoms with Crippen molar-refractivity contribution in [3.05, 3.63) is 29.8 Å². The zero-order valence-electron chi connectivity index (χ0n) is 6.63. The van der Waals surface area contributed by atoms with Gasteiger partial charge in [0.25, 0.3) is 0 Å². The van der Waals surface area contributed by atoms with Crippen molar-refractivity contribution in [2.75, 3.05) is 0 Å². The molecule has 0 spiro atoms. The molecule has 0 aliphatic heterocycles. The van der Waals surface area contributed by atoms with Gasteiger partial charge in [0.1, 0.15) is 0 Å².